The second-order valence-electron chi connectivity index (χ2n) is 5.50. The summed E-state index contributed by atoms with van der Waals surface area (Å²) in [4.78, 5) is 1.47. The summed E-state index contributed by atoms with van der Waals surface area (Å²) in [6, 6.07) is 9.22. The van der Waals surface area contributed by atoms with Crippen LogP contribution in [0.5, 0.6) is 5.75 Å². The van der Waals surface area contributed by atoms with Crippen molar-refractivity contribution < 1.29 is 5.11 Å². The smallest absolute Gasteiger partial charge is 0.146 e. The van der Waals surface area contributed by atoms with Crippen molar-refractivity contribution in [3.05, 3.63) is 46.5 Å². The van der Waals surface area contributed by atoms with Crippen molar-refractivity contribution in [2.24, 2.45) is 0 Å². The number of phenolic OH excluding ortho intramolecular Hbond substituents is 1. The second-order valence-corrected chi connectivity index (χ2v) is 5.94. The third-order valence-corrected chi connectivity index (χ3v) is 3.68. The Morgan fingerprint density at radius 3 is 2.52 bits per heavy atom. The van der Waals surface area contributed by atoms with Crippen LogP contribution in [0.4, 0.5) is 0 Å². The first-order chi connectivity index (χ1) is 9.95. The number of halogens is 1. The summed E-state index contributed by atoms with van der Waals surface area (Å²) in [5.74, 6) is 0.449. The van der Waals surface area contributed by atoms with Crippen molar-refractivity contribution in [3.63, 3.8) is 0 Å². The molecule has 0 bridgehead atoms. The van der Waals surface area contributed by atoms with Crippen LogP contribution in [-0.2, 0) is 0 Å². The van der Waals surface area contributed by atoms with Gasteiger partial charge in [0, 0.05) is 5.02 Å². The highest BCUT2D eigenvalue weighted by Crippen LogP contribution is 2.32. The quantitative estimate of drug-likeness (QED) is 0.771. The molecule has 21 heavy (non-hydrogen) atoms. The van der Waals surface area contributed by atoms with Crippen LogP contribution < -0.4 is 0 Å². The molecule has 5 heteroatoms. The number of fused-ring (bicyclic) bond motifs is 1. The highest BCUT2D eigenvalue weighted by molar-refractivity contribution is 6.31. The number of phenols is 1. The third kappa shape index (κ3) is 2.47. The molecule has 108 valence electrons. The van der Waals surface area contributed by atoms with Gasteiger partial charge in [-0.15, -0.1) is 15.0 Å². The maximum absolute atomic E-state index is 10.5. The van der Waals surface area contributed by atoms with Crippen molar-refractivity contribution in [2.45, 2.75) is 26.7 Å². The van der Waals surface area contributed by atoms with Crippen LogP contribution in [0.3, 0.4) is 0 Å². The van der Waals surface area contributed by atoms with Gasteiger partial charge in [-0.3, -0.25) is 0 Å². The van der Waals surface area contributed by atoms with E-state index in [4.69, 9.17) is 11.6 Å². The molecule has 3 rings (SSSR count). The summed E-state index contributed by atoms with van der Waals surface area (Å²) < 4.78 is 0. The number of hydrogen-bond donors (Lipinski definition) is 1. The Hall–Kier alpha value is -2.07. The Kier molecular flexibility index (Phi) is 3.33. The zero-order valence-corrected chi connectivity index (χ0v) is 12.9. The van der Waals surface area contributed by atoms with E-state index in [1.165, 1.54) is 4.80 Å². The summed E-state index contributed by atoms with van der Waals surface area (Å²) in [5, 5.41) is 19.9. The lowest BCUT2D eigenvalue weighted by Gasteiger charge is -2.13. The molecule has 0 spiro atoms. The van der Waals surface area contributed by atoms with Crippen molar-refractivity contribution >= 4 is 22.6 Å². The zero-order valence-electron chi connectivity index (χ0n) is 12.1. The van der Waals surface area contributed by atoms with Gasteiger partial charge in [0.1, 0.15) is 22.5 Å². The van der Waals surface area contributed by atoms with Crippen LogP contribution in [0.15, 0.2) is 30.3 Å². The van der Waals surface area contributed by atoms with E-state index in [0.29, 0.717) is 16.2 Å². The first-order valence-electron chi connectivity index (χ1n) is 6.82. The van der Waals surface area contributed by atoms with Gasteiger partial charge >= 0.3 is 0 Å². The minimum absolute atomic E-state index is 0.224. The second kappa shape index (κ2) is 5.04. The van der Waals surface area contributed by atoms with Gasteiger partial charge in [0.25, 0.3) is 0 Å². The summed E-state index contributed by atoms with van der Waals surface area (Å²) in [6.07, 6.45) is 0. The maximum Gasteiger partial charge on any atom is 0.146 e. The van der Waals surface area contributed by atoms with Gasteiger partial charge in [0.15, 0.2) is 0 Å². The summed E-state index contributed by atoms with van der Waals surface area (Å²) in [6.45, 7) is 6.09. The molecule has 0 unspecified atom stereocenters. The number of hydrogen-bond acceptors (Lipinski definition) is 3. The van der Waals surface area contributed by atoms with Crippen LogP contribution in [0.25, 0.3) is 16.7 Å². The van der Waals surface area contributed by atoms with Gasteiger partial charge < -0.3 is 5.11 Å². The van der Waals surface area contributed by atoms with Crippen molar-refractivity contribution in [3.8, 4) is 11.4 Å². The van der Waals surface area contributed by atoms with Crippen molar-refractivity contribution in [2.75, 3.05) is 0 Å². The van der Waals surface area contributed by atoms with Crippen LogP contribution in [0.2, 0.25) is 5.02 Å². The predicted molar refractivity (Wildman–Crippen MR) is 84.4 cm³/mol. The minimum atomic E-state index is 0.224. The molecular formula is C16H16ClN3O. The molecule has 3 aromatic rings. The maximum atomic E-state index is 10.5. The molecule has 0 aliphatic carbocycles. The Balaban J connectivity index is 2.22. The Morgan fingerprint density at radius 1 is 1.10 bits per heavy atom. The fourth-order valence-corrected chi connectivity index (χ4v) is 2.54. The van der Waals surface area contributed by atoms with E-state index in [1.54, 1.807) is 12.1 Å². The average molecular weight is 302 g/mol. The van der Waals surface area contributed by atoms with Gasteiger partial charge in [-0.05, 0) is 48.2 Å². The molecule has 1 N–H and O–H groups in total. The van der Waals surface area contributed by atoms with E-state index in [2.05, 4.69) is 10.2 Å². The number of benzene rings is 2. The van der Waals surface area contributed by atoms with E-state index in [9.17, 15) is 5.11 Å². The van der Waals surface area contributed by atoms with E-state index in [0.717, 1.165) is 16.6 Å². The highest BCUT2D eigenvalue weighted by atomic mass is 35.5. The number of aryl methyl sites for hydroxylation is 1. The van der Waals surface area contributed by atoms with E-state index >= 15 is 0 Å². The first-order valence-corrected chi connectivity index (χ1v) is 7.20. The molecule has 4 nitrogen and oxygen atoms in total. The van der Waals surface area contributed by atoms with E-state index in [-0.39, 0.29) is 11.7 Å². The van der Waals surface area contributed by atoms with Crippen LogP contribution in [-0.4, -0.2) is 20.1 Å². The monoisotopic (exact) mass is 301 g/mol. The Morgan fingerprint density at radius 2 is 1.81 bits per heavy atom. The predicted octanol–water partition coefficient (Wildman–Crippen LogP) is 4.21. The fourth-order valence-electron chi connectivity index (χ4n) is 2.38. The van der Waals surface area contributed by atoms with E-state index < -0.39 is 0 Å². The number of nitrogens with zero attached hydrogens (tertiary/aromatic N) is 3. The van der Waals surface area contributed by atoms with Gasteiger partial charge in [0.2, 0.25) is 0 Å². The number of aromatic hydroxyl groups is 1. The van der Waals surface area contributed by atoms with Crippen LogP contribution in [0, 0.1) is 6.92 Å². The standard InChI is InChI=1S/C16H16ClN3O/c1-9(2)12-6-10(3)7-15(16(12)21)20-18-13-5-4-11(17)8-14(13)19-20/h4-9,21H,1-3H3. The molecule has 2 aromatic carbocycles. The zero-order chi connectivity index (χ0) is 15.1. The molecule has 0 amide bonds. The van der Waals surface area contributed by atoms with Gasteiger partial charge in [0.05, 0.1) is 0 Å². The molecule has 0 aliphatic heterocycles. The van der Waals surface area contributed by atoms with Crippen LogP contribution in [0.1, 0.15) is 30.9 Å². The molecule has 0 aliphatic rings. The first kappa shape index (κ1) is 13.9. The lowest BCUT2D eigenvalue weighted by molar-refractivity contribution is 0.457. The SMILES string of the molecule is Cc1cc(C(C)C)c(O)c(-n2nc3ccc(Cl)cc3n2)c1. The molecule has 0 radical (unpaired) electrons. The summed E-state index contributed by atoms with van der Waals surface area (Å²) >= 11 is 5.97. The summed E-state index contributed by atoms with van der Waals surface area (Å²) in [7, 11) is 0. The van der Waals surface area contributed by atoms with Crippen LogP contribution >= 0.6 is 11.6 Å². The molecule has 1 aromatic heterocycles. The lowest BCUT2D eigenvalue weighted by atomic mass is 9.99. The fraction of sp³-hybridized carbons (Fsp3) is 0.250. The van der Waals surface area contributed by atoms with Crippen molar-refractivity contribution in [1.82, 2.24) is 15.0 Å². The number of rotatable bonds is 2. The summed E-state index contributed by atoms with van der Waals surface area (Å²) in [5.41, 5.74) is 3.99. The normalized spacial score (nSPS) is 11.5. The average Bonchev–Trinajstić information content (AvgIpc) is 2.83. The Bertz CT molecular complexity index is 824. The molecule has 1 heterocycles. The van der Waals surface area contributed by atoms with Gasteiger partial charge in [-0.2, -0.15) is 0 Å². The largest absolute Gasteiger partial charge is 0.505 e. The molecule has 0 atom stereocenters. The van der Waals surface area contributed by atoms with Gasteiger partial charge in [-0.25, -0.2) is 0 Å². The molecule has 0 fully saturated rings. The third-order valence-electron chi connectivity index (χ3n) is 3.44. The molecular weight excluding hydrogens is 286 g/mol. The topological polar surface area (TPSA) is 50.9 Å². The number of aromatic nitrogens is 3. The lowest BCUT2D eigenvalue weighted by Crippen LogP contribution is -2.02. The van der Waals surface area contributed by atoms with Crippen molar-refractivity contribution in [1.29, 1.82) is 0 Å². The molecule has 0 saturated heterocycles. The molecule has 0 saturated carbocycles. The Labute approximate surface area is 128 Å². The van der Waals surface area contributed by atoms with Gasteiger partial charge in [-0.1, -0.05) is 31.5 Å². The van der Waals surface area contributed by atoms with E-state index in [1.807, 2.05) is 39.0 Å². The minimum Gasteiger partial charge on any atom is -0.505 e. The highest BCUT2D eigenvalue weighted by Gasteiger charge is 2.15.